The van der Waals surface area contributed by atoms with Crippen molar-refractivity contribution in [1.82, 2.24) is 0 Å². The van der Waals surface area contributed by atoms with Crippen molar-refractivity contribution in [2.45, 2.75) is 6.54 Å². The van der Waals surface area contributed by atoms with Crippen LogP contribution in [-0.4, -0.2) is 5.71 Å². The van der Waals surface area contributed by atoms with Crippen LogP contribution in [0.5, 0.6) is 0 Å². The highest BCUT2D eigenvalue weighted by atomic mass is 14.9. The number of aromatic nitrogens is 1. The summed E-state index contributed by atoms with van der Waals surface area (Å²) < 4.78 is 2.03. The first kappa shape index (κ1) is 10.9. The summed E-state index contributed by atoms with van der Waals surface area (Å²) in [5, 5.41) is 0. The van der Waals surface area contributed by atoms with E-state index >= 15 is 0 Å². The summed E-state index contributed by atoms with van der Waals surface area (Å²) in [5.41, 5.74) is 4.85. The van der Waals surface area contributed by atoms with E-state index in [1.54, 1.807) is 0 Å². The number of nitrogens with zero attached hydrogens (tertiary/aromatic N) is 2. The van der Waals surface area contributed by atoms with Crippen molar-refractivity contribution in [3.63, 3.8) is 0 Å². The maximum atomic E-state index is 4.56. The number of aryl methyl sites for hydroxylation is 1. The van der Waals surface area contributed by atoms with Crippen molar-refractivity contribution in [2.24, 2.45) is 12.0 Å². The topological polar surface area (TPSA) is 16.2 Å². The van der Waals surface area contributed by atoms with Gasteiger partial charge in [-0.1, -0.05) is 30.3 Å². The number of aliphatic imine (C=N–C) groups is 1. The molecule has 0 fully saturated rings. The van der Waals surface area contributed by atoms with Crippen LogP contribution in [0.3, 0.4) is 0 Å². The van der Waals surface area contributed by atoms with Gasteiger partial charge in [-0.3, -0.25) is 4.99 Å². The lowest BCUT2D eigenvalue weighted by Crippen LogP contribution is -2.25. The molecule has 2 aromatic rings. The number of pyridine rings is 1. The number of rotatable bonds is 2. The predicted octanol–water partition coefficient (Wildman–Crippen LogP) is 2.53. The first-order chi connectivity index (χ1) is 8.83. The van der Waals surface area contributed by atoms with Crippen LogP contribution < -0.4 is 4.57 Å². The summed E-state index contributed by atoms with van der Waals surface area (Å²) in [6, 6.07) is 12.6. The second-order valence-corrected chi connectivity index (χ2v) is 4.49. The molecule has 2 heteroatoms. The Labute approximate surface area is 107 Å². The smallest absolute Gasteiger partial charge is 0.169 e. The fourth-order valence-electron chi connectivity index (χ4n) is 2.10. The van der Waals surface area contributed by atoms with Crippen molar-refractivity contribution >= 4 is 11.8 Å². The van der Waals surface area contributed by atoms with E-state index in [1.165, 1.54) is 16.7 Å². The molecule has 0 unspecified atom stereocenters. The Bertz CT molecular complexity index is 622. The Morgan fingerprint density at radius 1 is 1.06 bits per heavy atom. The van der Waals surface area contributed by atoms with Crippen molar-refractivity contribution in [2.75, 3.05) is 0 Å². The molecule has 0 radical (unpaired) electrons. The fraction of sp³-hybridized carbons (Fsp3) is 0.125. The first-order valence-electron chi connectivity index (χ1n) is 6.09. The average molecular weight is 235 g/mol. The maximum absolute atomic E-state index is 4.56. The van der Waals surface area contributed by atoms with Gasteiger partial charge in [-0.25, -0.2) is 4.57 Å². The molecule has 1 aliphatic rings. The highest BCUT2D eigenvalue weighted by Crippen LogP contribution is 2.19. The van der Waals surface area contributed by atoms with E-state index in [-0.39, 0.29) is 0 Å². The first-order valence-corrected chi connectivity index (χ1v) is 6.09. The van der Waals surface area contributed by atoms with Gasteiger partial charge in [0, 0.05) is 17.7 Å². The molecule has 2 heterocycles. The molecule has 1 aromatic heterocycles. The van der Waals surface area contributed by atoms with Crippen LogP contribution in [0.15, 0.2) is 59.9 Å². The third-order valence-electron chi connectivity index (χ3n) is 3.15. The quantitative estimate of drug-likeness (QED) is 0.711. The average Bonchev–Trinajstić information content (AvgIpc) is 2.82. The summed E-state index contributed by atoms with van der Waals surface area (Å²) in [5.74, 6) is 0. The van der Waals surface area contributed by atoms with Gasteiger partial charge in [-0.15, -0.1) is 0 Å². The van der Waals surface area contributed by atoms with E-state index in [9.17, 15) is 0 Å². The summed E-state index contributed by atoms with van der Waals surface area (Å²) in [7, 11) is 2.02. The zero-order valence-electron chi connectivity index (χ0n) is 10.4. The molecule has 0 N–H and O–H groups in total. The molecule has 1 aromatic carbocycles. The molecule has 0 bridgehead atoms. The van der Waals surface area contributed by atoms with Gasteiger partial charge in [0.1, 0.15) is 7.05 Å². The predicted molar refractivity (Wildman–Crippen MR) is 73.3 cm³/mol. The molecule has 1 aliphatic heterocycles. The molecule has 0 amide bonds. The Kier molecular flexibility index (Phi) is 2.77. The molecule has 2 nitrogen and oxygen atoms in total. The second kappa shape index (κ2) is 4.57. The largest absolute Gasteiger partial charge is 0.280 e. The summed E-state index contributed by atoms with van der Waals surface area (Å²) in [4.78, 5) is 4.56. The van der Waals surface area contributed by atoms with E-state index in [4.69, 9.17) is 0 Å². The lowest BCUT2D eigenvalue weighted by atomic mass is 10.1. The number of benzene rings is 1. The lowest BCUT2D eigenvalue weighted by Gasteiger charge is -1.97. The van der Waals surface area contributed by atoms with Crippen LogP contribution in [0.25, 0.3) is 6.08 Å². The number of fused-ring (bicyclic) bond motifs is 1. The minimum absolute atomic E-state index is 0.805. The SMILES string of the molecule is C[n+]1ccc(/C=C/C2=NCc3ccccc32)cc1. The van der Waals surface area contributed by atoms with E-state index in [1.807, 2.05) is 24.0 Å². The zero-order valence-corrected chi connectivity index (χ0v) is 10.4. The third kappa shape index (κ3) is 2.09. The minimum atomic E-state index is 0.805. The molecular formula is C16H15N2+. The van der Waals surface area contributed by atoms with Gasteiger partial charge in [0.2, 0.25) is 0 Å². The van der Waals surface area contributed by atoms with Gasteiger partial charge in [0.25, 0.3) is 0 Å². The van der Waals surface area contributed by atoms with Gasteiger partial charge < -0.3 is 0 Å². The number of allylic oxidation sites excluding steroid dienone is 1. The summed E-state index contributed by atoms with van der Waals surface area (Å²) >= 11 is 0. The summed E-state index contributed by atoms with van der Waals surface area (Å²) in [6.07, 6.45) is 8.30. The van der Waals surface area contributed by atoms with Crippen molar-refractivity contribution in [3.05, 3.63) is 71.6 Å². The number of hydrogen-bond donors (Lipinski definition) is 0. The van der Waals surface area contributed by atoms with Gasteiger partial charge in [-0.05, 0) is 17.2 Å². The molecule has 3 rings (SSSR count). The van der Waals surface area contributed by atoms with Crippen LogP contribution in [0.1, 0.15) is 16.7 Å². The Morgan fingerprint density at radius 2 is 1.83 bits per heavy atom. The fourth-order valence-corrected chi connectivity index (χ4v) is 2.10. The van der Waals surface area contributed by atoms with E-state index < -0.39 is 0 Å². The minimum Gasteiger partial charge on any atom is -0.280 e. The molecule has 0 aliphatic carbocycles. The van der Waals surface area contributed by atoms with Gasteiger partial charge >= 0.3 is 0 Å². The maximum Gasteiger partial charge on any atom is 0.169 e. The van der Waals surface area contributed by atoms with E-state index in [0.717, 1.165) is 12.3 Å². The normalized spacial score (nSPS) is 13.7. The van der Waals surface area contributed by atoms with Crippen molar-refractivity contribution < 1.29 is 4.57 Å². The van der Waals surface area contributed by atoms with Gasteiger partial charge in [0.05, 0.1) is 12.3 Å². The number of hydrogen-bond acceptors (Lipinski definition) is 1. The Hall–Kier alpha value is -2.22. The zero-order chi connectivity index (χ0) is 12.4. The van der Waals surface area contributed by atoms with E-state index in [2.05, 4.69) is 53.5 Å². The lowest BCUT2D eigenvalue weighted by molar-refractivity contribution is -0.671. The standard InChI is InChI=1S/C16H15N2/c1-18-10-8-13(9-11-18)6-7-16-15-5-3-2-4-14(15)12-17-16/h2-11H,12H2,1H3/q+1/b7-6+. The highest BCUT2D eigenvalue weighted by Gasteiger charge is 2.11. The van der Waals surface area contributed by atoms with Crippen LogP contribution in [0.4, 0.5) is 0 Å². The molecule has 18 heavy (non-hydrogen) atoms. The van der Waals surface area contributed by atoms with Gasteiger partial charge in [-0.2, -0.15) is 0 Å². The molecule has 88 valence electrons. The van der Waals surface area contributed by atoms with Gasteiger partial charge in [0.15, 0.2) is 12.4 Å². The highest BCUT2D eigenvalue weighted by molar-refractivity contribution is 6.13. The molecule has 0 spiro atoms. The second-order valence-electron chi connectivity index (χ2n) is 4.49. The summed E-state index contributed by atoms with van der Waals surface area (Å²) in [6.45, 7) is 0.805. The van der Waals surface area contributed by atoms with Crippen molar-refractivity contribution in [3.8, 4) is 0 Å². The van der Waals surface area contributed by atoms with Crippen LogP contribution in [0, 0.1) is 0 Å². The van der Waals surface area contributed by atoms with Crippen LogP contribution in [-0.2, 0) is 13.6 Å². The van der Waals surface area contributed by atoms with E-state index in [0.29, 0.717) is 0 Å². The Morgan fingerprint density at radius 3 is 2.67 bits per heavy atom. The molecule has 0 saturated heterocycles. The molecule has 0 saturated carbocycles. The van der Waals surface area contributed by atoms with Crippen molar-refractivity contribution in [1.29, 1.82) is 0 Å². The Balaban J connectivity index is 1.84. The molecule has 0 atom stereocenters. The monoisotopic (exact) mass is 235 g/mol. The molecular weight excluding hydrogens is 220 g/mol. The third-order valence-corrected chi connectivity index (χ3v) is 3.15. The van der Waals surface area contributed by atoms with Crippen LogP contribution >= 0.6 is 0 Å². The van der Waals surface area contributed by atoms with Crippen LogP contribution in [0.2, 0.25) is 0 Å².